The van der Waals surface area contributed by atoms with Gasteiger partial charge in [0.15, 0.2) is 11.5 Å². The zero-order valence-corrected chi connectivity index (χ0v) is 18.6. The molecule has 0 heterocycles. The molecule has 31 heavy (non-hydrogen) atoms. The fraction of sp³-hybridized carbons (Fsp3) is 0.333. The Hall–Kier alpha value is -2.85. The van der Waals surface area contributed by atoms with E-state index in [1.165, 1.54) is 0 Å². The van der Waals surface area contributed by atoms with Crippen molar-refractivity contribution in [3.05, 3.63) is 95.6 Å². The van der Waals surface area contributed by atoms with Crippen LogP contribution >= 0.6 is 0 Å². The van der Waals surface area contributed by atoms with Crippen molar-refractivity contribution >= 4 is 0 Å². The molecule has 3 aromatic carbocycles. The SMILES string of the molecule is CC(Cc1ccc(OCc2ccccc2)c(OCc2ccccc2)c1)NCC(C)(C)F. The number of rotatable bonds is 11. The van der Waals surface area contributed by atoms with Crippen molar-refractivity contribution in [1.82, 2.24) is 5.32 Å². The molecule has 0 spiro atoms. The summed E-state index contributed by atoms with van der Waals surface area (Å²) in [6, 6.07) is 26.3. The predicted octanol–water partition coefficient (Wildman–Crippen LogP) is 6.11. The van der Waals surface area contributed by atoms with Crippen molar-refractivity contribution in [2.24, 2.45) is 0 Å². The van der Waals surface area contributed by atoms with E-state index in [0.717, 1.165) is 28.9 Å². The minimum absolute atomic E-state index is 0.146. The summed E-state index contributed by atoms with van der Waals surface area (Å²) in [4.78, 5) is 0. The molecule has 3 nitrogen and oxygen atoms in total. The van der Waals surface area contributed by atoms with E-state index in [0.29, 0.717) is 25.5 Å². The van der Waals surface area contributed by atoms with Gasteiger partial charge in [-0.25, -0.2) is 4.39 Å². The lowest BCUT2D eigenvalue weighted by atomic mass is 10.1. The number of nitrogens with one attached hydrogen (secondary N) is 1. The summed E-state index contributed by atoms with van der Waals surface area (Å²) in [7, 11) is 0. The van der Waals surface area contributed by atoms with Crippen molar-refractivity contribution < 1.29 is 13.9 Å². The molecule has 164 valence electrons. The molecule has 0 aliphatic carbocycles. The molecule has 0 bridgehead atoms. The molecule has 0 amide bonds. The first kappa shape index (κ1) is 22.8. The number of halogens is 1. The molecule has 3 rings (SSSR count). The summed E-state index contributed by atoms with van der Waals surface area (Å²) in [6.45, 7) is 6.50. The fourth-order valence-electron chi connectivity index (χ4n) is 3.22. The lowest BCUT2D eigenvalue weighted by Crippen LogP contribution is -2.37. The molecular weight excluding hydrogens is 389 g/mol. The highest BCUT2D eigenvalue weighted by Gasteiger charge is 2.17. The third-order valence-corrected chi connectivity index (χ3v) is 4.90. The van der Waals surface area contributed by atoms with Gasteiger partial charge in [0.2, 0.25) is 0 Å². The van der Waals surface area contributed by atoms with E-state index in [4.69, 9.17) is 9.47 Å². The monoisotopic (exact) mass is 421 g/mol. The molecule has 0 fully saturated rings. The fourth-order valence-corrected chi connectivity index (χ4v) is 3.22. The third kappa shape index (κ3) is 8.06. The third-order valence-electron chi connectivity index (χ3n) is 4.90. The standard InChI is InChI=1S/C27H32FNO2/c1-21(29-20-27(2,3)28)16-24-14-15-25(30-18-22-10-6-4-7-11-22)26(17-24)31-19-23-12-8-5-9-13-23/h4-15,17,21,29H,16,18-20H2,1-3H3. The summed E-state index contributed by atoms with van der Waals surface area (Å²) in [5.74, 6) is 1.43. The van der Waals surface area contributed by atoms with Crippen LogP contribution < -0.4 is 14.8 Å². The van der Waals surface area contributed by atoms with Crippen LogP contribution in [0.3, 0.4) is 0 Å². The highest BCUT2D eigenvalue weighted by molar-refractivity contribution is 5.43. The van der Waals surface area contributed by atoms with E-state index in [1.807, 2.05) is 72.8 Å². The van der Waals surface area contributed by atoms with Gasteiger partial charge in [0.05, 0.1) is 0 Å². The molecule has 0 radical (unpaired) electrons. The van der Waals surface area contributed by atoms with Crippen molar-refractivity contribution in [2.75, 3.05) is 6.54 Å². The molecule has 3 aromatic rings. The van der Waals surface area contributed by atoms with E-state index in [2.05, 4.69) is 18.3 Å². The van der Waals surface area contributed by atoms with E-state index < -0.39 is 5.67 Å². The lowest BCUT2D eigenvalue weighted by Gasteiger charge is -2.20. The van der Waals surface area contributed by atoms with Crippen molar-refractivity contribution in [2.45, 2.75) is 52.1 Å². The second-order valence-corrected chi connectivity index (χ2v) is 8.53. The van der Waals surface area contributed by atoms with Crippen LogP contribution in [0.15, 0.2) is 78.9 Å². The highest BCUT2D eigenvalue weighted by Crippen LogP contribution is 2.30. The van der Waals surface area contributed by atoms with Crippen LogP contribution in [0.4, 0.5) is 4.39 Å². The Morgan fingerprint density at radius 3 is 1.87 bits per heavy atom. The van der Waals surface area contributed by atoms with Gasteiger partial charge in [-0.1, -0.05) is 66.7 Å². The first-order valence-corrected chi connectivity index (χ1v) is 10.8. The van der Waals surface area contributed by atoms with Gasteiger partial charge in [-0.3, -0.25) is 0 Å². The second-order valence-electron chi connectivity index (χ2n) is 8.53. The van der Waals surface area contributed by atoms with Crippen LogP contribution in [-0.4, -0.2) is 18.3 Å². The Morgan fingerprint density at radius 1 is 0.774 bits per heavy atom. The summed E-state index contributed by atoms with van der Waals surface area (Å²) >= 11 is 0. The molecule has 0 aliphatic rings. The maximum atomic E-state index is 13.8. The number of hydrogen-bond acceptors (Lipinski definition) is 3. The van der Waals surface area contributed by atoms with Gasteiger partial charge >= 0.3 is 0 Å². The second kappa shape index (κ2) is 11.0. The Bertz CT molecular complexity index is 923. The van der Waals surface area contributed by atoms with E-state index in [-0.39, 0.29) is 6.04 Å². The molecule has 0 saturated heterocycles. The van der Waals surface area contributed by atoms with Gasteiger partial charge in [-0.05, 0) is 56.0 Å². The first-order chi connectivity index (χ1) is 14.9. The van der Waals surface area contributed by atoms with E-state index in [9.17, 15) is 4.39 Å². The number of hydrogen-bond donors (Lipinski definition) is 1. The average Bonchev–Trinajstić information content (AvgIpc) is 2.76. The minimum atomic E-state index is -1.23. The van der Waals surface area contributed by atoms with Crippen LogP contribution in [0.5, 0.6) is 11.5 Å². The maximum absolute atomic E-state index is 13.8. The maximum Gasteiger partial charge on any atom is 0.161 e. The molecule has 4 heteroatoms. The molecule has 0 aromatic heterocycles. The molecule has 1 atom stereocenters. The van der Waals surface area contributed by atoms with Crippen LogP contribution in [0, 0.1) is 0 Å². The molecule has 1 N–H and O–H groups in total. The number of ether oxygens (including phenoxy) is 2. The highest BCUT2D eigenvalue weighted by atomic mass is 19.1. The van der Waals surface area contributed by atoms with Gasteiger partial charge in [-0.2, -0.15) is 0 Å². The largest absolute Gasteiger partial charge is 0.485 e. The minimum Gasteiger partial charge on any atom is -0.485 e. The van der Waals surface area contributed by atoms with Gasteiger partial charge in [0, 0.05) is 12.6 Å². The predicted molar refractivity (Wildman–Crippen MR) is 124 cm³/mol. The van der Waals surface area contributed by atoms with Crippen molar-refractivity contribution in [3.63, 3.8) is 0 Å². The van der Waals surface area contributed by atoms with Crippen LogP contribution in [0.25, 0.3) is 0 Å². The molecule has 0 aliphatic heterocycles. The summed E-state index contributed by atoms with van der Waals surface area (Å²) in [5.41, 5.74) is 2.09. The summed E-state index contributed by atoms with van der Waals surface area (Å²) in [6.07, 6.45) is 0.775. The van der Waals surface area contributed by atoms with Crippen LogP contribution in [0.1, 0.15) is 37.5 Å². The summed E-state index contributed by atoms with van der Waals surface area (Å²) < 4.78 is 26.0. The number of alkyl halides is 1. The van der Waals surface area contributed by atoms with Crippen LogP contribution in [0.2, 0.25) is 0 Å². The topological polar surface area (TPSA) is 30.5 Å². The Kier molecular flexibility index (Phi) is 8.07. The summed E-state index contributed by atoms with van der Waals surface area (Å²) in [5, 5.41) is 3.26. The van der Waals surface area contributed by atoms with Crippen LogP contribution in [-0.2, 0) is 19.6 Å². The van der Waals surface area contributed by atoms with E-state index >= 15 is 0 Å². The van der Waals surface area contributed by atoms with Gasteiger partial charge in [0.1, 0.15) is 18.9 Å². The molecule has 1 unspecified atom stereocenters. The van der Waals surface area contributed by atoms with Crippen molar-refractivity contribution in [1.29, 1.82) is 0 Å². The zero-order valence-electron chi connectivity index (χ0n) is 18.6. The molecular formula is C27H32FNO2. The quantitative estimate of drug-likeness (QED) is 0.405. The number of benzene rings is 3. The average molecular weight is 422 g/mol. The Labute approximate surface area is 185 Å². The zero-order chi connectivity index (χ0) is 22.1. The first-order valence-electron chi connectivity index (χ1n) is 10.8. The molecule has 0 saturated carbocycles. The Morgan fingerprint density at radius 2 is 1.32 bits per heavy atom. The van der Waals surface area contributed by atoms with Gasteiger partial charge < -0.3 is 14.8 Å². The Balaban J connectivity index is 1.70. The van der Waals surface area contributed by atoms with E-state index in [1.54, 1.807) is 13.8 Å². The lowest BCUT2D eigenvalue weighted by molar-refractivity contribution is 0.204. The smallest absolute Gasteiger partial charge is 0.161 e. The van der Waals surface area contributed by atoms with Crippen molar-refractivity contribution in [3.8, 4) is 11.5 Å². The van der Waals surface area contributed by atoms with Gasteiger partial charge in [-0.15, -0.1) is 0 Å². The normalized spacial score (nSPS) is 12.4. The van der Waals surface area contributed by atoms with Gasteiger partial charge in [0.25, 0.3) is 0 Å².